The van der Waals surface area contributed by atoms with Gasteiger partial charge in [0.25, 0.3) is 0 Å². The molecule has 0 saturated heterocycles. The number of methoxy groups -OCH3 is 1. The highest BCUT2D eigenvalue weighted by Crippen LogP contribution is 2.13. The zero-order chi connectivity index (χ0) is 16.2. The normalized spacial score (nSPS) is 12.8. The molecule has 0 aliphatic rings. The van der Waals surface area contributed by atoms with Crippen LogP contribution < -0.4 is 5.14 Å². The van der Waals surface area contributed by atoms with Crippen LogP contribution in [0.5, 0.6) is 0 Å². The molecule has 128 valence electrons. The highest BCUT2D eigenvalue weighted by atomic mass is 32.2. The van der Waals surface area contributed by atoms with E-state index >= 15 is 0 Å². The molecule has 0 spiro atoms. The lowest BCUT2D eigenvalue weighted by Gasteiger charge is -2.22. The predicted octanol–water partition coefficient (Wildman–Crippen LogP) is 2.84. The first-order chi connectivity index (χ1) is 9.77. The quantitative estimate of drug-likeness (QED) is 0.499. The van der Waals surface area contributed by atoms with Crippen molar-refractivity contribution >= 4 is 10.0 Å². The van der Waals surface area contributed by atoms with Crippen LogP contribution >= 0.6 is 0 Å². The maximum absolute atomic E-state index is 10.7. The smallest absolute Gasteiger partial charge is 0.209 e. The molecule has 0 aromatic rings. The van der Waals surface area contributed by atoms with Gasteiger partial charge in [0.05, 0.1) is 11.4 Å². The molecule has 0 aliphatic carbocycles. The maximum atomic E-state index is 10.7. The summed E-state index contributed by atoms with van der Waals surface area (Å²) in [5, 5.41) is 4.94. The predicted molar refractivity (Wildman–Crippen MR) is 86.8 cm³/mol. The second-order valence-electron chi connectivity index (χ2n) is 6.17. The van der Waals surface area contributed by atoms with E-state index in [1.54, 1.807) is 7.11 Å². The summed E-state index contributed by atoms with van der Waals surface area (Å²) >= 11 is 0. The Morgan fingerprint density at radius 3 is 1.95 bits per heavy atom. The molecule has 0 unspecified atom stereocenters. The van der Waals surface area contributed by atoms with Gasteiger partial charge < -0.3 is 9.47 Å². The molecule has 0 amide bonds. The van der Waals surface area contributed by atoms with Crippen LogP contribution in [0.4, 0.5) is 0 Å². The van der Waals surface area contributed by atoms with E-state index in [1.807, 2.05) is 0 Å². The van der Waals surface area contributed by atoms with Gasteiger partial charge in [-0.1, -0.05) is 32.1 Å². The summed E-state index contributed by atoms with van der Waals surface area (Å²) in [6, 6.07) is 0. The van der Waals surface area contributed by atoms with Crippen molar-refractivity contribution in [2.24, 2.45) is 5.14 Å². The number of ether oxygens (including phenoxy) is 2. The van der Waals surface area contributed by atoms with E-state index in [4.69, 9.17) is 14.6 Å². The highest BCUT2D eigenvalue weighted by molar-refractivity contribution is 7.89. The molecule has 2 N–H and O–H groups in total. The SMILES string of the molecule is COC(C)(C)CCOCCCCCCCCCS(N)(=O)=O. The van der Waals surface area contributed by atoms with Gasteiger partial charge in [0.1, 0.15) is 0 Å². The van der Waals surface area contributed by atoms with Crippen LogP contribution in [-0.4, -0.2) is 40.1 Å². The Labute approximate surface area is 130 Å². The number of sulfonamides is 1. The van der Waals surface area contributed by atoms with Crippen molar-refractivity contribution in [3.63, 3.8) is 0 Å². The van der Waals surface area contributed by atoms with E-state index in [-0.39, 0.29) is 11.4 Å². The Balaban J connectivity index is 3.20. The summed E-state index contributed by atoms with van der Waals surface area (Å²) < 4.78 is 32.4. The molecule has 0 atom stereocenters. The van der Waals surface area contributed by atoms with Crippen LogP contribution in [0.2, 0.25) is 0 Å². The fourth-order valence-electron chi connectivity index (χ4n) is 1.91. The Hall–Kier alpha value is -0.170. The lowest BCUT2D eigenvalue weighted by atomic mass is 10.1. The minimum atomic E-state index is -3.27. The first kappa shape index (κ1) is 20.8. The van der Waals surface area contributed by atoms with Crippen LogP contribution in [0.25, 0.3) is 0 Å². The minimum absolute atomic E-state index is 0.100. The molecule has 0 radical (unpaired) electrons. The van der Waals surface area contributed by atoms with Gasteiger partial charge >= 0.3 is 0 Å². The minimum Gasteiger partial charge on any atom is -0.381 e. The lowest BCUT2D eigenvalue weighted by molar-refractivity contribution is -0.0101. The third-order valence-electron chi connectivity index (χ3n) is 3.62. The molecule has 0 bridgehead atoms. The molecule has 0 aromatic carbocycles. The topological polar surface area (TPSA) is 78.6 Å². The number of hydrogen-bond acceptors (Lipinski definition) is 4. The summed E-state index contributed by atoms with van der Waals surface area (Å²) in [4.78, 5) is 0. The molecule has 21 heavy (non-hydrogen) atoms. The number of primary sulfonamides is 1. The van der Waals surface area contributed by atoms with Gasteiger partial charge in [-0.05, 0) is 33.1 Å². The van der Waals surface area contributed by atoms with E-state index in [2.05, 4.69) is 13.8 Å². The summed E-state index contributed by atoms with van der Waals surface area (Å²) in [5.74, 6) is 0.110. The Bertz CT molecular complexity index is 342. The van der Waals surface area contributed by atoms with Gasteiger partial charge in [-0.15, -0.1) is 0 Å². The second-order valence-corrected chi connectivity index (χ2v) is 7.90. The molecule has 0 saturated carbocycles. The summed E-state index contributed by atoms with van der Waals surface area (Å²) in [6.07, 6.45) is 8.21. The Kier molecular flexibility index (Phi) is 11.3. The molecular formula is C15H33NO4S. The van der Waals surface area contributed by atoms with Crippen LogP contribution in [0.15, 0.2) is 0 Å². The molecule has 5 nitrogen and oxygen atoms in total. The van der Waals surface area contributed by atoms with E-state index in [0.29, 0.717) is 6.42 Å². The fourth-order valence-corrected chi connectivity index (χ4v) is 2.52. The van der Waals surface area contributed by atoms with Crippen LogP contribution in [0, 0.1) is 0 Å². The summed E-state index contributed by atoms with van der Waals surface area (Å²) in [7, 11) is -1.55. The van der Waals surface area contributed by atoms with Gasteiger partial charge in [0, 0.05) is 20.3 Å². The van der Waals surface area contributed by atoms with Crippen molar-refractivity contribution < 1.29 is 17.9 Å². The Morgan fingerprint density at radius 1 is 0.905 bits per heavy atom. The van der Waals surface area contributed by atoms with Gasteiger partial charge in [0.15, 0.2) is 0 Å². The number of nitrogens with two attached hydrogens (primary N) is 1. The fraction of sp³-hybridized carbons (Fsp3) is 1.00. The molecule has 0 fully saturated rings. The van der Waals surface area contributed by atoms with Crippen molar-refractivity contribution in [3.8, 4) is 0 Å². The first-order valence-corrected chi connectivity index (χ1v) is 9.62. The zero-order valence-corrected chi connectivity index (χ0v) is 14.7. The van der Waals surface area contributed by atoms with E-state index in [9.17, 15) is 8.42 Å². The number of unbranched alkanes of at least 4 members (excludes halogenated alkanes) is 6. The van der Waals surface area contributed by atoms with Crippen molar-refractivity contribution in [2.75, 3.05) is 26.1 Å². The molecule has 0 aliphatic heterocycles. The molecule has 6 heteroatoms. The second kappa shape index (κ2) is 11.4. The van der Waals surface area contributed by atoms with Gasteiger partial charge in [0.2, 0.25) is 10.0 Å². The monoisotopic (exact) mass is 323 g/mol. The third-order valence-corrected chi connectivity index (χ3v) is 4.48. The average Bonchev–Trinajstić information content (AvgIpc) is 2.38. The molecule has 0 rings (SSSR count). The molecular weight excluding hydrogens is 290 g/mol. The lowest BCUT2D eigenvalue weighted by Crippen LogP contribution is -2.24. The van der Waals surface area contributed by atoms with Crippen LogP contribution in [-0.2, 0) is 19.5 Å². The standard InChI is InChI=1S/C15H33NO4S/c1-15(2,19-3)11-13-20-12-9-7-5-4-6-8-10-14-21(16,17)18/h4-14H2,1-3H3,(H2,16,17,18). The largest absolute Gasteiger partial charge is 0.381 e. The first-order valence-electron chi connectivity index (χ1n) is 7.90. The Morgan fingerprint density at radius 2 is 1.43 bits per heavy atom. The van der Waals surface area contributed by atoms with Gasteiger partial charge in [-0.25, -0.2) is 13.6 Å². The van der Waals surface area contributed by atoms with Crippen molar-refractivity contribution in [2.45, 2.75) is 70.8 Å². The number of rotatable bonds is 14. The number of hydrogen-bond donors (Lipinski definition) is 1. The third kappa shape index (κ3) is 16.0. The van der Waals surface area contributed by atoms with Crippen LogP contribution in [0.1, 0.15) is 65.2 Å². The van der Waals surface area contributed by atoms with Gasteiger partial charge in [-0.2, -0.15) is 0 Å². The highest BCUT2D eigenvalue weighted by Gasteiger charge is 2.15. The zero-order valence-electron chi connectivity index (χ0n) is 13.9. The van der Waals surface area contributed by atoms with Gasteiger partial charge in [-0.3, -0.25) is 0 Å². The summed E-state index contributed by atoms with van der Waals surface area (Å²) in [5.41, 5.74) is -0.100. The van der Waals surface area contributed by atoms with E-state index < -0.39 is 10.0 Å². The maximum Gasteiger partial charge on any atom is 0.209 e. The summed E-state index contributed by atoms with van der Waals surface area (Å²) in [6.45, 7) is 5.68. The van der Waals surface area contributed by atoms with E-state index in [0.717, 1.165) is 45.3 Å². The molecule has 0 aromatic heterocycles. The van der Waals surface area contributed by atoms with Crippen molar-refractivity contribution in [3.05, 3.63) is 0 Å². The van der Waals surface area contributed by atoms with Crippen LogP contribution in [0.3, 0.4) is 0 Å². The van der Waals surface area contributed by atoms with Crippen molar-refractivity contribution in [1.82, 2.24) is 0 Å². The average molecular weight is 323 g/mol. The molecule has 0 heterocycles. The van der Waals surface area contributed by atoms with E-state index in [1.165, 1.54) is 12.8 Å². The van der Waals surface area contributed by atoms with Crippen molar-refractivity contribution in [1.29, 1.82) is 0 Å².